The zero-order chi connectivity index (χ0) is 10.7. The van der Waals surface area contributed by atoms with Gasteiger partial charge >= 0.3 is 0 Å². The first-order valence-corrected chi connectivity index (χ1v) is 5.70. The third-order valence-electron chi connectivity index (χ3n) is 2.53. The van der Waals surface area contributed by atoms with Gasteiger partial charge in [0.05, 0.1) is 0 Å². The summed E-state index contributed by atoms with van der Waals surface area (Å²) in [6.07, 6.45) is 0. The number of halogens is 1. The summed E-state index contributed by atoms with van der Waals surface area (Å²) in [7, 11) is 0. The van der Waals surface area contributed by atoms with E-state index in [0.29, 0.717) is 5.88 Å². The van der Waals surface area contributed by atoms with Gasteiger partial charge in [0.15, 0.2) is 0 Å². The molecule has 2 aromatic rings. The van der Waals surface area contributed by atoms with E-state index < -0.39 is 0 Å². The van der Waals surface area contributed by atoms with Crippen molar-refractivity contribution in [1.29, 1.82) is 0 Å². The maximum atomic E-state index is 5.91. The standard InChI is InChI=1S/C13H14ClN/c1-2-15-13-8-7-10(9-14)11-5-3-4-6-12(11)13/h3-8,15H,2,9H2,1H3. The summed E-state index contributed by atoms with van der Waals surface area (Å²) in [5.41, 5.74) is 2.37. The molecule has 0 radical (unpaired) electrons. The molecule has 0 aliphatic rings. The number of hydrogen-bond donors (Lipinski definition) is 1. The number of nitrogens with one attached hydrogen (secondary N) is 1. The molecule has 0 saturated heterocycles. The van der Waals surface area contributed by atoms with E-state index in [0.717, 1.165) is 6.54 Å². The summed E-state index contributed by atoms with van der Waals surface area (Å²) < 4.78 is 0. The number of benzene rings is 2. The minimum atomic E-state index is 0.562. The topological polar surface area (TPSA) is 12.0 Å². The lowest BCUT2D eigenvalue weighted by atomic mass is 10.0. The first-order valence-electron chi connectivity index (χ1n) is 5.17. The van der Waals surface area contributed by atoms with Gasteiger partial charge in [-0.2, -0.15) is 0 Å². The number of rotatable bonds is 3. The van der Waals surface area contributed by atoms with E-state index in [1.807, 2.05) is 6.07 Å². The number of fused-ring (bicyclic) bond motifs is 1. The van der Waals surface area contributed by atoms with E-state index in [1.165, 1.54) is 22.0 Å². The highest BCUT2D eigenvalue weighted by Gasteiger charge is 2.03. The van der Waals surface area contributed by atoms with Crippen molar-refractivity contribution in [2.24, 2.45) is 0 Å². The minimum absolute atomic E-state index is 0.562. The molecule has 15 heavy (non-hydrogen) atoms. The van der Waals surface area contributed by atoms with Crippen molar-refractivity contribution in [2.75, 3.05) is 11.9 Å². The molecule has 0 aromatic heterocycles. The second-order valence-corrected chi connectivity index (χ2v) is 3.75. The summed E-state index contributed by atoms with van der Waals surface area (Å²) in [4.78, 5) is 0. The number of anilines is 1. The molecule has 0 amide bonds. The molecule has 0 unspecified atom stereocenters. The van der Waals surface area contributed by atoms with Gasteiger partial charge < -0.3 is 5.32 Å². The van der Waals surface area contributed by atoms with Crippen LogP contribution in [0.1, 0.15) is 12.5 Å². The van der Waals surface area contributed by atoms with Crippen LogP contribution < -0.4 is 5.32 Å². The quantitative estimate of drug-likeness (QED) is 0.770. The monoisotopic (exact) mass is 219 g/mol. The highest BCUT2D eigenvalue weighted by Crippen LogP contribution is 2.27. The Bertz CT molecular complexity index is 465. The lowest BCUT2D eigenvalue weighted by Crippen LogP contribution is -1.97. The maximum Gasteiger partial charge on any atom is 0.0480 e. The molecular weight excluding hydrogens is 206 g/mol. The minimum Gasteiger partial charge on any atom is -0.385 e. The van der Waals surface area contributed by atoms with Crippen molar-refractivity contribution in [3.63, 3.8) is 0 Å². The second kappa shape index (κ2) is 4.54. The van der Waals surface area contributed by atoms with E-state index >= 15 is 0 Å². The van der Waals surface area contributed by atoms with Gasteiger partial charge in [-0.15, -0.1) is 11.6 Å². The summed E-state index contributed by atoms with van der Waals surface area (Å²) >= 11 is 5.91. The molecule has 0 fully saturated rings. The molecule has 2 heteroatoms. The van der Waals surface area contributed by atoms with Gasteiger partial charge in [-0.1, -0.05) is 30.3 Å². The summed E-state index contributed by atoms with van der Waals surface area (Å²) in [6.45, 7) is 3.04. The van der Waals surface area contributed by atoms with Crippen LogP contribution in [0.2, 0.25) is 0 Å². The van der Waals surface area contributed by atoms with Crippen LogP contribution in [0, 0.1) is 0 Å². The third kappa shape index (κ3) is 1.93. The lowest BCUT2D eigenvalue weighted by Gasteiger charge is -2.10. The zero-order valence-electron chi connectivity index (χ0n) is 8.76. The summed E-state index contributed by atoms with van der Waals surface area (Å²) in [5, 5.41) is 5.85. The maximum absolute atomic E-state index is 5.91. The molecule has 0 aliphatic heterocycles. The van der Waals surface area contributed by atoms with Crippen LogP contribution in [0.15, 0.2) is 36.4 Å². The smallest absolute Gasteiger partial charge is 0.0480 e. The largest absolute Gasteiger partial charge is 0.385 e. The Morgan fingerprint density at radius 3 is 2.47 bits per heavy atom. The predicted molar refractivity (Wildman–Crippen MR) is 67.7 cm³/mol. The van der Waals surface area contributed by atoms with Gasteiger partial charge in [-0.05, 0) is 23.9 Å². The highest BCUT2D eigenvalue weighted by atomic mass is 35.5. The normalized spacial score (nSPS) is 10.5. The van der Waals surface area contributed by atoms with E-state index in [-0.39, 0.29) is 0 Å². The molecular formula is C13H14ClN. The van der Waals surface area contributed by atoms with Crippen LogP contribution in [-0.2, 0) is 5.88 Å². The van der Waals surface area contributed by atoms with Crippen LogP contribution in [0.4, 0.5) is 5.69 Å². The van der Waals surface area contributed by atoms with E-state index in [2.05, 4.69) is 42.6 Å². The SMILES string of the molecule is CCNc1ccc(CCl)c2ccccc12. The highest BCUT2D eigenvalue weighted by molar-refractivity contribution is 6.18. The first-order chi connectivity index (χ1) is 7.36. The Kier molecular flexibility index (Phi) is 3.12. The van der Waals surface area contributed by atoms with Crippen molar-refractivity contribution >= 4 is 28.1 Å². The van der Waals surface area contributed by atoms with E-state index in [1.54, 1.807) is 0 Å². The molecule has 0 spiro atoms. The molecule has 78 valence electrons. The van der Waals surface area contributed by atoms with Crippen LogP contribution >= 0.6 is 11.6 Å². The first kappa shape index (κ1) is 10.3. The van der Waals surface area contributed by atoms with Gasteiger partial charge in [0, 0.05) is 23.5 Å². The molecule has 0 bridgehead atoms. The average molecular weight is 220 g/mol. The molecule has 1 nitrogen and oxygen atoms in total. The van der Waals surface area contributed by atoms with Crippen LogP contribution in [0.5, 0.6) is 0 Å². The zero-order valence-corrected chi connectivity index (χ0v) is 9.51. The second-order valence-electron chi connectivity index (χ2n) is 3.48. The molecule has 0 saturated carbocycles. The molecule has 2 aromatic carbocycles. The Morgan fingerprint density at radius 1 is 1.07 bits per heavy atom. The third-order valence-corrected chi connectivity index (χ3v) is 2.81. The van der Waals surface area contributed by atoms with E-state index in [9.17, 15) is 0 Å². The van der Waals surface area contributed by atoms with Crippen molar-refractivity contribution in [2.45, 2.75) is 12.8 Å². The van der Waals surface area contributed by atoms with E-state index in [4.69, 9.17) is 11.6 Å². The lowest BCUT2D eigenvalue weighted by molar-refractivity contribution is 1.22. The molecule has 0 atom stereocenters. The Labute approximate surface area is 95.1 Å². The molecule has 0 heterocycles. The molecule has 1 N–H and O–H groups in total. The van der Waals surface area contributed by atoms with Crippen molar-refractivity contribution in [3.05, 3.63) is 42.0 Å². The predicted octanol–water partition coefficient (Wildman–Crippen LogP) is 4.01. The summed E-state index contributed by atoms with van der Waals surface area (Å²) in [5.74, 6) is 0.562. The fraction of sp³-hybridized carbons (Fsp3) is 0.231. The summed E-state index contributed by atoms with van der Waals surface area (Å²) in [6, 6.07) is 12.5. The van der Waals surface area contributed by atoms with Crippen LogP contribution in [0.3, 0.4) is 0 Å². The fourth-order valence-corrected chi connectivity index (χ4v) is 2.06. The number of hydrogen-bond acceptors (Lipinski definition) is 1. The average Bonchev–Trinajstić information content (AvgIpc) is 2.30. The van der Waals surface area contributed by atoms with Gasteiger partial charge in [0.1, 0.15) is 0 Å². The van der Waals surface area contributed by atoms with Gasteiger partial charge in [0.25, 0.3) is 0 Å². The van der Waals surface area contributed by atoms with Crippen molar-refractivity contribution in [3.8, 4) is 0 Å². The Hall–Kier alpha value is -1.21. The van der Waals surface area contributed by atoms with Gasteiger partial charge in [-0.3, -0.25) is 0 Å². The molecule has 0 aliphatic carbocycles. The van der Waals surface area contributed by atoms with Crippen molar-refractivity contribution in [1.82, 2.24) is 0 Å². The Morgan fingerprint density at radius 2 is 1.80 bits per heavy atom. The van der Waals surface area contributed by atoms with Gasteiger partial charge in [0.2, 0.25) is 0 Å². The molecule has 2 rings (SSSR count). The Balaban J connectivity index is 2.66. The van der Waals surface area contributed by atoms with Crippen molar-refractivity contribution < 1.29 is 0 Å². The van der Waals surface area contributed by atoms with Crippen LogP contribution in [0.25, 0.3) is 10.8 Å². The van der Waals surface area contributed by atoms with Crippen LogP contribution in [-0.4, -0.2) is 6.54 Å². The fourth-order valence-electron chi connectivity index (χ4n) is 1.82. The number of alkyl halides is 1. The van der Waals surface area contributed by atoms with Gasteiger partial charge in [-0.25, -0.2) is 0 Å².